The van der Waals surface area contributed by atoms with Crippen molar-refractivity contribution in [2.24, 2.45) is 0 Å². The van der Waals surface area contributed by atoms with E-state index in [1.54, 1.807) is 0 Å². The third-order valence-electron chi connectivity index (χ3n) is 1.42. The van der Waals surface area contributed by atoms with Crippen molar-refractivity contribution in [3.05, 3.63) is 20.2 Å². The van der Waals surface area contributed by atoms with Crippen LogP contribution in [-0.2, 0) is 9.47 Å². The van der Waals surface area contributed by atoms with E-state index in [4.69, 9.17) is 9.47 Å². The predicted molar refractivity (Wildman–Crippen MR) is 39.3 cm³/mol. The molecule has 0 unspecified atom stereocenters. The standard InChI is InChI=1S/C4H8N4O6/c9-7(10)5-1-13-3-6(8(11)12)4-14-2-5/h1-4H2. The van der Waals surface area contributed by atoms with Gasteiger partial charge in [-0.25, -0.2) is 20.2 Å². The molecule has 0 atom stereocenters. The van der Waals surface area contributed by atoms with E-state index >= 15 is 0 Å². The van der Waals surface area contributed by atoms with Crippen LogP contribution < -0.4 is 0 Å². The van der Waals surface area contributed by atoms with Crippen LogP contribution in [0.25, 0.3) is 0 Å². The molecule has 1 heterocycles. The zero-order valence-corrected chi connectivity index (χ0v) is 7.07. The Morgan fingerprint density at radius 1 is 0.857 bits per heavy atom. The minimum absolute atomic E-state index is 0.350. The van der Waals surface area contributed by atoms with Crippen LogP contribution in [0.2, 0.25) is 0 Å². The third-order valence-corrected chi connectivity index (χ3v) is 1.42. The Bertz CT molecular complexity index is 202. The lowest BCUT2D eigenvalue weighted by molar-refractivity contribution is -0.701. The molecule has 14 heavy (non-hydrogen) atoms. The molecule has 1 aliphatic heterocycles. The average molecular weight is 208 g/mol. The number of nitrogens with zero attached hydrogens (tertiary/aromatic N) is 4. The smallest absolute Gasteiger partial charge is 0.181 e. The molecule has 10 nitrogen and oxygen atoms in total. The van der Waals surface area contributed by atoms with Crippen molar-refractivity contribution in [2.75, 3.05) is 26.9 Å². The summed E-state index contributed by atoms with van der Waals surface area (Å²) in [5, 5.41) is 20.5. The van der Waals surface area contributed by atoms with Gasteiger partial charge >= 0.3 is 0 Å². The quantitative estimate of drug-likeness (QED) is 0.413. The van der Waals surface area contributed by atoms with E-state index in [1.165, 1.54) is 0 Å². The van der Waals surface area contributed by atoms with E-state index in [0.29, 0.717) is 10.0 Å². The van der Waals surface area contributed by atoms with Crippen LogP contribution in [0.5, 0.6) is 0 Å². The molecule has 0 bridgehead atoms. The zero-order chi connectivity index (χ0) is 10.6. The number of rotatable bonds is 2. The molecule has 0 saturated carbocycles. The lowest BCUT2D eigenvalue weighted by Crippen LogP contribution is -2.43. The van der Waals surface area contributed by atoms with E-state index in [1.807, 2.05) is 0 Å². The Kier molecular flexibility index (Phi) is 3.36. The first kappa shape index (κ1) is 10.4. The third kappa shape index (κ3) is 2.67. The first-order valence-corrected chi connectivity index (χ1v) is 3.55. The maximum Gasteiger partial charge on any atom is 0.181 e. The first-order chi connectivity index (χ1) is 6.61. The summed E-state index contributed by atoms with van der Waals surface area (Å²) >= 11 is 0. The highest BCUT2D eigenvalue weighted by molar-refractivity contribution is 4.34. The van der Waals surface area contributed by atoms with Crippen molar-refractivity contribution < 1.29 is 19.5 Å². The Morgan fingerprint density at radius 3 is 1.36 bits per heavy atom. The van der Waals surface area contributed by atoms with Crippen molar-refractivity contribution in [1.82, 2.24) is 10.0 Å². The highest BCUT2D eigenvalue weighted by Crippen LogP contribution is 1.99. The van der Waals surface area contributed by atoms with Crippen LogP contribution in [0.1, 0.15) is 0 Å². The maximum absolute atomic E-state index is 10.3. The van der Waals surface area contributed by atoms with Gasteiger partial charge < -0.3 is 9.47 Å². The van der Waals surface area contributed by atoms with Crippen LogP contribution in [0.15, 0.2) is 0 Å². The molecule has 0 aromatic carbocycles. The Labute approximate surface area is 77.8 Å². The molecule has 0 spiro atoms. The minimum atomic E-state index is -0.693. The highest BCUT2D eigenvalue weighted by Gasteiger charge is 2.23. The number of nitro groups is 2. The fraction of sp³-hybridized carbons (Fsp3) is 1.00. The number of hydrogen-bond acceptors (Lipinski definition) is 6. The summed E-state index contributed by atoms with van der Waals surface area (Å²) < 4.78 is 9.42. The van der Waals surface area contributed by atoms with Gasteiger partial charge in [-0.05, 0) is 0 Å². The molecule has 1 rings (SSSR count). The van der Waals surface area contributed by atoms with Gasteiger partial charge in [-0.15, -0.1) is 0 Å². The summed E-state index contributed by atoms with van der Waals surface area (Å²) in [6.07, 6.45) is 0. The van der Waals surface area contributed by atoms with Gasteiger partial charge in [0.05, 0.1) is 0 Å². The van der Waals surface area contributed by atoms with Gasteiger partial charge in [0, 0.05) is 0 Å². The Hall–Kier alpha value is -1.68. The lowest BCUT2D eigenvalue weighted by Gasteiger charge is -2.21. The molecule has 1 aliphatic rings. The minimum Gasteiger partial charge on any atom is -0.329 e. The molecule has 1 fully saturated rings. The van der Waals surface area contributed by atoms with E-state index in [0.717, 1.165) is 0 Å². The summed E-state index contributed by atoms with van der Waals surface area (Å²) in [6, 6.07) is 0. The van der Waals surface area contributed by atoms with Gasteiger partial charge in [0.25, 0.3) is 0 Å². The van der Waals surface area contributed by atoms with Crippen LogP contribution >= 0.6 is 0 Å². The zero-order valence-electron chi connectivity index (χ0n) is 7.07. The molecule has 1 saturated heterocycles. The van der Waals surface area contributed by atoms with Crippen molar-refractivity contribution >= 4 is 0 Å². The molecular formula is C4H8N4O6. The molecular weight excluding hydrogens is 200 g/mol. The van der Waals surface area contributed by atoms with Crippen molar-refractivity contribution in [3.8, 4) is 0 Å². The summed E-state index contributed by atoms with van der Waals surface area (Å²) in [4.78, 5) is 20.5. The predicted octanol–water partition coefficient (Wildman–Crippen LogP) is -1.15. The van der Waals surface area contributed by atoms with Crippen molar-refractivity contribution in [3.63, 3.8) is 0 Å². The molecule has 0 radical (unpaired) electrons. The van der Waals surface area contributed by atoms with Gasteiger partial charge in [0.2, 0.25) is 0 Å². The molecule has 10 heteroatoms. The second kappa shape index (κ2) is 4.53. The fourth-order valence-corrected chi connectivity index (χ4v) is 0.766. The summed E-state index contributed by atoms with van der Waals surface area (Å²) in [5.41, 5.74) is 0. The van der Waals surface area contributed by atoms with Crippen molar-refractivity contribution in [2.45, 2.75) is 0 Å². The SMILES string of the molecule is O=[N+]([O-])N1COCN([N+](=O)[O-])COC1. The van der Waals surface area contributed by atoms with E-state index in [9.17, 15) is 20.2 Å². The molecule has 0 aromatic rings. The van der Waals surface area contributed by atoms with Crippen molar-refractivity contribution in [1.29, 1.82) is 0 Å². The molecule has 0 amide bonds. The van der Waals surface area contributed by atoms with Gasteiger partial charge in [-0.1, -0.05) is 10.0 Å². The van der Waals surface area contributed by atoms with Gasteiger partial charge in [0.1, 0.15) is 0 Å². The average Bonchev–Trinajstić information content (AvgIpc) is 2.01. The van der Waals surface area contributed by atoms with Gasteiger partial charge in [0.15, 0.2) is 37.0 Å². The topological polar surface area (TPSA) is 111 Å². The summed E-state index contributed by atoms with van der Waals surface area (Å²) in [6.45, 7) is -1.40. The fourth-order valence-electron chi connectivity index (χ4n) is 0.766. The highest BCUT2D eigenvalue weighted by atomic mass is 16.7. The number of ether oxygens (including phenoxy) is 2. The number of hydrazine groups is 2. The second-order valence-electron chi connectivity index (χ2n) is 2.41. The Morgan fingerprint density at radius 2 is 1.14 bits per heavy atom. The molecule has 80 valence electrons. The summed E-state index contributed by atoms with van der Waals surface area (Å²) in [5.74, 6) is 0. The van der Waals surface area contributed by atoms with Gasteiger partial charge in [-0.2, -0.15) is 0 Å². The van der Waals surface area contributed by atoms with Gasteiger partial charge in [-0.3, -0.25) is 0 Å². The number of hydrogen-bond donors (Lipinski definition) is 0. The lowest BCUT2D eigenvalue weighted by atomic mass is 10.9. The van der Waals surface area contributed by atoms with E-state index in [-0.39, 0.29) is 26.9 Å². The Balaban J connectivity index is 2.43. The maximum atomic E-state index is 10.3. The largest absolute Gasteiger partial charge is 0.329 e. The summed E-state index contributed by atoms with van der Waals surface area (Å²) in [7, 11) is 0. The van der Waals surface area contributed by atoms with Crippen LogP contribution in [0.3, 0.4) is 0 Å². The monoisotopic (exact) mass is 208 g/mol. The van der Waals surface area contributed by atoms with Crippen LogP contribution in [0.4, 0.5) is 0 Å². The molecule has 0 N–H and O–H groups in total. The van der Waals surface area contributed by atoms with Crippen LogP contribution in [0, 0.1) is 20.2 Å². The normalized spacial score (nSPS) is 18.6. The van der Waals surface area contributed by atoms with Crippen LogP contribution in [-0.4, -0.2) is 47.0 Å². The first-order valence-electron chi connectivity index (χ1n) is 3.55. The second-order valence-corrected chi connectivity index (χ2v) is 2.41. The molecule has 0 aliphatic carbocycles. The van der Waals surface area contributed by atoms with E-state index in [2.05, 4.69) is 0 Å². The van der Waals surface area contributed by atoms with E-state index < -0.39 is 10.1 Å². The molecule has 0 aromatic heterocycles.